The molecule has 1 nitrogen and oxygen atoms in total. The zero-order valence-corrected chi connectivity index (χ0v) is 16.3. The van der Waals surface area contributed by atoms with E-state index in [0.29, 0.717) is 17.8 Å². The molecule has 2 aromatic rings. The van der Waals surface area contributed by atoms with Crippen LogP contribution in [0, 0.1) is 3.57 Å². The van der Waals surface area contributed by atoms with Crippen LogP contribution in [0.5, 0.6) is 0 Å². The van der Waals surface area contributed by atoms with Crippen molar-refractivity contribution in [2.24, 2.45) is 0 Å². The zero-order chi connectivity index (χ0) is 17.0. The fourth-order valence-corrected chi connectivity index (χ4v) is 3.57. The number of hydrogen-bond donors (Lipinski definition) is 1. The van der Waals surface area contributed by atoms with Gasteiger partial charge in [-0.1, -0.05) is 40.3 Å². The standard InChI is InChI=1S/C16H12BrF3INS/c17-12-6-7-14(13(21)9-12)22-15(23)8-3-10-1-4-11(5-2-10)16(18,19)20/h1-2,4-7,9H,3,8H2,(H,22,23). The molecular weight excluding hydrogens is 502 g/mol. The van der Waals surface area contributed by atoms with E-state index in [0.717, 1.165) is 31.4 Å². The summed E-state index contributed by atoms with van der Waals surface area (Å²) in [4.78, 5) is 0.658. The number of thiocarbonyl (C=S) groups is 1. The molecule has 0 saturated heterocycles. The van der Waals surface area contributed by atoms with Crippen LogP contribution < -0.4 is 5.32 Å². The highest BCUT2D eigenvalue weighted by Crippen LogP contribution is 2.29. The molecule has 0 aliphatic heterocycles. The maximum Gasteiger partial charge on any atom is 0.416 e. The molecule has 0 unspecified atom stereocenters. The largest absolute Gasteiger partial charge is 0.416 e. The zero-order valence-electron chi connectivity index (χ0n) is 11.8. The Balaban J connectivity index is 1.91. The van der Waals surface area contributed by atoms with Crippen LogP contribution in [0.3, 0.4) is 0 Å². The summed E-state index contributed by atoms with van der Waals surface area (Å²) >= 11 is 10.9. The predicted octanol–water partition coefficient (Wildman–Crippen LogP) is 6.44. The third-order valence-corrected chi connectivity index (χ3v) is 4.82. The molecule has 0 aliphatic rings. The number of anilines is 1. The highest BCUT2D eigenvalue weighted by Gasteiger charge is 2.29. The number of nitrogens with one attached hydrogen (secondary N) is 1. The van der Waals surface area contributed by atoms with Crippen molar-refractivity contribution in [1.29, 1.82) is 0 Å². The molecule has 0 heterocycles. The molecule has 0 amide bonds. The summed E-state index contributed by atoms with van der Waals surface area (Å²) < 4.78 is 39.5. The molecular formula is C16H12BrF3INS. The average Bonchev–Trinajstić information content (AvgIpc) is 2.47. The smallest absolute Gasteiger partial charge is 0.349 e. The SMILES string of the molecule is FC(F)(F)c1ccc(CCC(=S)Nc2ccc(Br)cc2I)cc1. The molecule has 0 atom stereocenters. The fraction of sp³-hybridized carbons (Fsp3) is 0.188. The predicted molar refractivity (Wildman–Crippen MR) is 103 cm³/mol. The lowest BCUT2D eigenvalue weighted by atomic mass is 10.1. The monoisotopic (exact) mass is 513 g/mol. The Morgan fingerprint density at radius 1 is 1.13 bits per heavy atom. The summed E-state index contributed by atoms with van der Waals surface area (Å²) in [6.45, 7) is 0. The van der Waals surface area contributed by atoms with Crippen LogP contribution >= 0.6 is 50.7 Å². The Kier molecular flexibility index (Phi) is 6.44. The van der Waals surface area contributed by atoms with Gasteiger partial charge in [-0.3, -0.25) is 0 Å². The van der Waals surface area contributed by atoms with Crippen molar-refractivity contribution in [2.75, 3.05) is 5.32 Å². The number of halogens is 5. The Labute approximate surface area is 159 Å². The van der Waals surface area contributed by atoms with Crippen molar-refractivity contribution < 1.29 is 13.2 Å². The summed E-state index contributed by atoms with van der Waals surface area (Å²) in [7, 11) is 0. The molecule has 7 heteroatoms. The molecule has 0 fully saturated rings. The van der Waals surface area contributed by atoms with E-state index in [1.54, 1.807) is 0 Å². The first-order valence-corrected chi connectivity index (χ1v) is 8.95. The molecule has 2 aromatic carbocycles. The van der Waals surface area contributed by atoms with E-state index in [4.69, 9.17) is 12.2 Å². The van der Waals surface area contributed by atoms with Crippen molar-refractivity contribution >= 4 is 61.4 Å². The number of hydrogen-bond acceptors (Lipinski definition) is 1. The molecule has 0 aromatic heterocycles. The van der Waals surface area contributed by atoms with Crippen LogP contribution in [0.4, 0.5) is 18.9 Å². The molecule has 0 saturated carbocycles. The lowest BCUT2D eigenvalue weighted by Crippen LogP contribution is -2.11. The van der Waals surface area contributed by atoms with Gasteiger partial charge in [0.1, 0.15) is 0 Å². The van der Waals surface area contributed by atoms with Crippen molar-refractivity contribution in [3.05, 3.63) is 61.6 Å². The Morgan fingerprint density at radius 3 is 2.35 bits per heavy atom. The van der Waals surface area contributed by atoms with Crippen molar-refractivity contribution in [1.82, 2.24) is 0 Å². The van der Waals surface area contributed by atoms with E-state index in [-0.39, 0.29) is 0 Å². The molecule has 23 heavy (non-hydrogen) atoms. The molecule has 0 spiro atoms. The minimum Gasteiger partial charge on any atom is -0.349 e. The van der Waals surface area contributed by atoms with Gasteiger partial charge in [0.25, 0.3) is 0 Å². The second-order valence-electron chi connectivity index (χ2n) is 4.87. The first-order valence-electron chi connectivity index (χ1n) is 6.67. The third-order valence-electron chi connectivity index (χ3n) is 3.13. The minimum absolute atomic E-state index is 0.576. The summed E-state index contributed by atoms with van der Waals surface area (Å²) in [6.07, 6.45) is -3.13. The van der Waals surface area contributed by atoms with Crippen LogP contribution in [-0.4, -0.2) is 4.99 Å². The molecule has 0 bridgehead atoms. The summed E-state index contributed by atoms with van der Waals surface area (Å²) in [6, 6.07) is 11.0. The maximum atomic E-state index is 12.5. The van der Waals surface area contributed by atoms with E-state index in [2.05, 4.69) is 43.8 Å². The van der Waals surface area contributed by atoms with Crippen LogP contribution in [0.1, 0.15) is 17.5 Å². The van der Waals surface area contributed by atoms with Gasteiger partial charge in [-0.15, -0.1) is 0 Å². The molecule has 2 rings (SSSR count). The topological polar surface area (TPSA) is 12.0 Å². The lowest BCUT2D eigenvalue weighted by Gasteiger charge is -2.11. The highest BCUT2D eigenvalue weighted by molar-refractivity contribution is 14.1. The van der Waals surface area contributed by atoms with Gasteiger partial charge < -0.3 is 5.32 Å². The van der Waals surface area contributed by atoms with Gasteiger partial charge in [-0.25, -0.2) is 0 Å². The van der Waals surface area contributed by atoms with Gasteiger partial charge in [0.2, 0.25) is 0 Å². The summed E-state index contributed by atoms with van der Waals surface area (Å²) in [5.41, 5.74) is 1.12. The molecule has 122 valence electrons. The Morgan fingerprint density at radius 2 is 1.78 bits per heavy atom. The Hall–Kier alpha value is -0.670. The van der Waals surface area contributed by atoms with E-state index in [1.807, 2.05) is 18.2 Å². The van der Waals surface area contributed by atoms with Crippen molar-refractivity contribution in [3.63, 3.8) is 0 Å². The number of rotatable bonds is 4. The van der Waals surface area contributed by atoms with E-state index in [9.17, 15) is 13.2 Å². The van der Waals surface area contributed by atoms with Gasteiger partial charge in [-0.05, 0) is 64.9 Å². The maximum absolute atomic E-state index is 12.5. The van der Waals surface area contributed by atoms with Gasteiger partial charge in [0.05, 0.1) is 16.2 Å². The summed E-state index contributed by atoms with van der Waals surface area (Å²) in [5, 5.41) is 3.17. The molecule has 1 N–H and O–H groups in total. The van der Waals surface area contributed by atoms with E-state index in [1.165, 1.54) is 12.1 Å². The highest BCUT2D eigenvalue weighted by atomic mass is 127. The van der Waals surface area contributed by atoms with Crippen LogP contribution in [0.25, 0.3) is 0 Å². The van der Waals surface area contributed by atoms with Crippen molar-refractivity contribution in [2.45, 2.75) is 19.0 Å². The summed E-state index contributed by atoms with van der Waals surface area (Å²) in [5.74, 6) is 0. The van der Waals surface area contributed by atoms with Crippen LogP contribution in [0.2, 0.25) is 0 Å². The van der Waals surface area contributed by atoms with E-state index >= 15 is 0 Å². The van der Waals surface area contributed by atoms with E-state index < -0.39 is 11.7 Å². The first-order chi connectivity index (χ1) is 10.8. The Bertz CT molecular complexity index is 701. The van der Waals surface area contributed by atoms with Gasteiger partial charge in [0, 0.05) is 14.5 Å². The number of benzene rings is 2. The van der Waals surface area contributed by atoms with Gasteiger partial charge in [-0.2, -0.15) is 13.2 Å². The molecule has 0 radical (unpaired) electrons. The van der Waals surface area contributed by atoms with Crippen molar-refractivity contribution in [3.8, 4) is 0 Å². The normalized spacial score (nSPS) is 11.3. The molecule has 0 aliphatic carbocycles. The second kappa shape index (κ2) is 7.94. The number of aryl methyl sites for hydroxylation is 1. The van der Waals surface area contributed by atoms with Gasteiger partial charge in [0.15, 0.2) is 0 Å². The van der Waals surface area contributed by atoms with Crippen LogP contribution in [-0.2, 0) is 12.6 Å². The minimum atomic E-state index is -4.30. The average molecular weight is 514 g/mol. The van der Waals surface area contributed by atoms with Crippen LogP contribution in [0.15, 0.2) is 46.9 Å². The third kappa shape index (κ3) is 5.72. The quantitative estimate of drug-likeness (QED) is 0.372. The fourth-order valence-electron chi connectivity index (χ4n) is 1.92. The lowest BCUT2D eigenvalue weighted by molar-refractivity contribution is -0.137. The second-order valence-corrected chi connectivity index (χ2v) is 7.44. The first kappa shape index (κ1) is 18.7. The van der Waals surface area contributed by atoms with Gasteiger partial charge >= 0.3 is 6.18 Å². The number of alkyl halides is 3.